The van der Waals surface area contributed by atoms with Crippen LogP contribution in [0.5, 0.6) is 0 Å². The number of halogens is 1. The van der Waals surface area contributed by atoms with E-state index < -0.39 is 0 Å². The molecule has 0 aliphatic heterocycles. The van der Waals surface area contributed by atoms with Crippen molar-refractivity contribution in [2.24, 2.45) is 0 Å². The minimum absolute atomic E-state index is 0.0901. The number of rotatable bonds is 11. The second-order valence-corrected chi connectivity index (χ2v) is 8.31. The number of para-hydroxylation sites is 1. The maximum absolute atomic E-state index is 13.0. The highest BCUT2D eigenvalue weighted by Gasteiger charge is 2.13. The molecule has 0 spiro atoms. The van der Waals surface area contributed by atoms with E-state index in [1.54, 1.807) is 10.6 Å². The van der Waals surface area contributed by atoms with Gasteiger partial charge in [0.1, 0.15) is 0 Å². The van der Waals surface area contributed by atoms with Crippen molar-refractivity contribution >= 4 is 40.2 Å². The Morgan fingerprint density at radius 1 is 1.19 bits per heavy atom. The molecule has 0 saturated heterocycles. The van der Waals surface area contributed by atoms with Crippen molar-refractivity contribution in [3.8, 4) is 0 Å². The largest absolute Gasteiger partial charge is 0.382 e. The molecule has 164 valence electrons. The summed E-state index contributed by atoms with van der Waals surface area (Å²) in [7, 11) is 0. The van der Waals surface area contributed by atoms with Crippen molar-refractivity contribution in [1.82, 2.24) is 14.9 Å². The van der Waals surface area contributed by atoms with Gasteiger partial charge in [0, 0.05) is 31.3 Å². The third-order valence-electron chi connectivity index (χ3n) is 4.68. The molecule has 0 fully saturated rings. The zero-order chi connectivity index (χ0) is 22.1. The molecule has 3 rings (SSSR count). The quantitative estimate of drug-likeness (QED) is 0.267. The Bertz CT molecular complexity index is 1070. The fraction of sp³-hybridized carbons (Fsp3) is 0.348. The van der Waals surface area contributed by atoms with Crippen LogP contribution < -0.4 is 10.9 Å². The van der Waals surface area contributed by atoms with Crippen molar-refractivity contribution in [2.45, 2.75) is 31.5 Å². The second-order valence-electron chi connectivity index (χ2n) is 6.93. The van der Waals surface area contributed by atoms with Crippen LogP contribution in [-0.2, 0) is 22.5 Å². The molecule has 1 amide bonds. The van der Waals surface area contributed by atoms with Gasteiger partial charge in [0.25, 0.3) is 5.56 Å². The third-order valence-corrected chi connectivity index (χ3v) is 5.91. The van der Waals surface area contributed by atoms with Crippen LogP contribution in [0.15, 0.2) is 58.5 Å². The van der Waals surface area contributed by atoms with Crippen LogP contribution >= 0.6 is 23.4 Å². The van der Waals surface area contributed by atoms with E-state index in [1.165, 1.54) is 11.8 Å². The lowest BCUT2D eigenvalue weighted by atomic mass is 10.1. The monoisotopic (exact) mass is 459 g/mol. The highest BCUT2D eigenvalue weighted by atomic mass is 35.5. The van der Waals surface area contributed by atoms with E-state index >= 15 is 0 Å². The molecular weight excluding hydrogens is 434 g/mol. The van der Waals surface area contributed by atoms with Gasteiger partial charge in [0.15, 0.2) is 5.16 Å². The summed E-state index contributed by atoms with van der Waals surface area (Å²) >= 11 is 7.17. The van der Waals surface area contributed by atoms with E-state index in [2.05, 4.69) is 10.3 Å². The minimum Gasteiger partial charge on any atom is -0.382 e. The van der Waals surface area contributed by atoms with E-state index in [1.807, 2.05) is 49.4 Å². The molecule has 0 atom stereocenters. The molecular formula is C23H26ClN3O3S. The van der Waals surface area contributed by atoms with Gasteiger partial charge >= 0.3 is 0 Å². The van der Waals surface area contributed by atoms with E-state index in [0.717, 1.165) is 12.0 Å². The Morgan fingerprint density at radius 2 is 1.97 bits per heavy atom. The molecule has 0 saturated carbocycles. The van der Waals surface area contributed by atoms with E-state index in [9.17, 15) is 9.59 Å². The fourth-order valence-corrected chi connectivity index (χ4v) is 4.08. The summed E-state index contributed by atoms with van der Waals surface area (Å²) in [5.74, 6) is 0.0962. The van der Waals surface area contributed by atoms with Gasteiger partial charge in [-0.1, -0.05) is 47.6 Å². The number of nitrogens with zero attached hydrogens (tertiary/aromatic N) is 2. The number of aromatic nitrogens is 2. The number of fused-ring (bicyclic) bond motifs is 1. The topological polar surface area (TPSA) is 73.2 Å². The SMILES string of the molecule is CCOCCCn1c(SCC(=O)NCCc2ccc(Cl)cc2)nc2ccccc2c1=O. The first kappa shape index (κ1) is 23.3. The average Bonchev–Trinajstić information content (AvgIpc) is 2.78. The molecule has 2 aromatic carbocycles. The average molecular weight is 460 g/mol. The summed E-state index contributed by atoms with van der Waals surface area (Å²) in [6.45, 7) is 4.19. The zero-order valence-electron chi connectivity index (χ0n) is 17.5. The lowest BCUT2D eigenvalue weighted by Gasteiger charge is -2.13. The van der Waals surface area contributed by atoms with Crippen molar-refractivity contribution in [2.75, 3.05) is 25.5 Å². The Kier molecular flexibility index (Phi) is 8.94. The van der Waals surface area contributed by atoms with E-state index in [4.69, 9.17) is 16.3 Å². The van der Waals surface area contributed by atoms with Gasteiger partial charge in [-0.3, -0.25) is 14.2 Å². The first-order chi connectivity index (χ1) is 15.1. The summed E-state index contributed by atoms with van der Waals surface area (Å²) in [5, 5.41) is 4.74. The Balaban J connectivity index is 1.62. The molecule has 3 aromatic rings. The van der Waals surface area contributed by atoms with Crippen LogP contribution in [0.2, 0.25) is 5.02 Å². The summed E-state index contributed by atoms with van der Waals surface area (Å²) < 4.78 is 7.04. The summed E-state index contributed by atoms with van der Waals surface area (Å²) in [6, 6.07) is 14.9. The zero-order valence-corrected chi connectivity index (χ0v) is 19.0. The van der Waals surface area contributed by atoms with Crippen molar-refractivity contribution in [3.63, 3.8) is 0 Å². The van der Waals surface area contributed by atoms with Crippen LogP contribution in [0.3, 0.4) is 0 Å². The maximum Gasteiger partial charge on any atom is 0.262 e. The van der Waals surface area contributed by atoms with Gasteiger partial charge in [-0.2, -0.15) is 0 Å². The lowest BCUT2D eigenvalue weighted by molar-refractivity contribution is -0.118. The predicted octanol–water partition coefficient (Wildman–Crippen LogP) is 3.93. The number of ether oxygens (including phenoxy) is 1. The standard InChI is InChI=1S/C23H26ClN3O3S/c1-2-30-15-5-14-27-22(29)19-6-3-4-7-20(19)26-23(27)31-16-21(28)25-13-12-17-8-10-18(24)11-9-17/h3-4,6-11H,2,5,12-16H2,1H3,(H,25,28). The smallest absolute Gasteiger partial charge is 0.262 e. The minimum atomic E-state index is -0.0952. The Morgan fingerprint density at radius 3 is 2.74 bits per heavy atom. The van der Waals surface area contributed by atoms with Crippen LogP contribution in [0.25, 0.3) is 10.9 Å². The van der Waals surface area contributed by atoms with Crippen molar-refractivity contribution in [3.05, 3.63) is 69.5 Å². The number of carbonyl (C=O) groups is 1. The van der Waals surface area contributed by atoms with Gasteiger partial charge in [0.05, 0.1) is 16.7 Å². The van der Waals surface area contributed by atoms with Crippen LogP contribution in [-0.4, -0.2) is 41.0 Å². The number of benzene rings is 2. The first-order valence-corrected chi connectivity index (χ1v) is 11.7. The number of amides is 1. The second kappa shape index (κ2) is 11.9. The number of thioether (sulfide) groups is 1. The van der Waals surface area contributed by atoms with Gasteiger partial charge in [-0.25, -0.2) is 4.98 Å². The van der Waals surface area contributed by atoms with Gasteiger partial charge in [-0.05, 0) is 49.6 Å². The molecule has 0 bridgehead atoms. The highest BCUT2D eigenvalue weighted by molar-refractivity contribution is 7.99. The molecule has 1 heterocycles. The molecule has 6 nitrogen and oxygen atoms in total. The molecule has 1 N–H and O–H groups in total. The maximum atomic E-state index is 13.0. The highest BCUT2D eigenvalue weighted by Crippen LogP contribution is 2.18. The molecule has 0 radical (unpaired) electrons. The molecule has 0 unspecified atom stereocenters. The number of nitrogens with one attached hydrogen (secondary N) is 1. The Hall–Kier alpha value is -2.35. The number of hydrogen-bond donors (Lipinski definition) is 1. The van der Waals surface area contributed by atoms with E-state index in [-0.39, 0.29) is 17.2 Å². The van der Waals surface area contributed by atoms with Crippen molar-refractivity contribution in [1.29, 1.82) is 0 Å². The molecule has 0 aliphatic carbocycles. The summed E-state index contributed by atoms with van der Waals surface area (Å²) in [4.78, 5) is 29.9. The van der Waals surface area contributed by atoms with Gasteiger partial charge in [0.2, 0.25) is 5.91 Å². The predicted molar refractivity (Wildman–Crippen MR) is 126 cm³/mol. The Labute approximate surface area is 191 Å². The normalized spacial score (nSPS) is 11.0. The number of carbonyl (C=O) groups excluding carboxylic acids is 1. The molecule has 1 aromatic heterocycles. The summed E-state index contributed by atoms with van der Waals surface area (Å²) in [5.41, 5.74) is 1.66. The summed E-state index contributed by atoms with van der Waals surface area (Å²) in [6.07, 6.45) is 1.43. The first-order valence-electron chi connectivity index (χ1n) is 10.3. The molecule has 8 heteroatoms. The fourth-order valence-electron chi connectivity index (χ4n) is 3.10. The molecule has 31 heavy (non-hydrogen) atoms. The van der Waals surface area contributed by atoms with Crippen molar-refractivity contribution < 1.29 is 9.53 Å². The van der Waals surface area contributed by atoms with Gasteiger partial charge < -0.3 is 10.1 Å². The lowest BCUT2D eigenvalue weighted by Crippen LogP contribution is -2.28. The van der Waals surface area contributed by atoms with Crippen LogP contribution in [0, 0.1) is 0 Å². The number of hydrogen-bond acceptors (Lipinski definition) is 5. The van der Waals surface area contributed by atoms with Crippen LogP contribution in [0.1, 0.15) is 18.9 Å². The third kappa shape index (κ3) is 6.82. The van der Waals surface area contributed by atoms with E-state index in [0.29, 0.717) is 53.8 Å². The van der Waals surface area contributed by atoms with Crippen LogP contribution in [0.4, 0.5) is 0 Å². The molecule has 0 aliphatic rings. The van der Waals surface area contributed by atoms with Gasteiger partial charge in [-0.15, -0.1) is 0 Å².